The van der Waals surface area contributed by atoms with Crippen molar-refractivity contribution in [1.29, 1.82) is 0 Å². The Morgan fingerprint density at radius 3 is 2.50 bits per heavy atom. The minimum atomic E-state index is -3.93. The summed E-state index contributed by atoms with van der Waals surface area (Å²) in [5.41, 5.74) is 0.160. The second-order valence-corrected chi connectivity index (χ2v) is 5.46. The van der Waals surface area contributed by atoms with Crippen molar-refractivity contribution in [1.82, 2.24) is 0 Å². The lowest BCUT2D eigenvalue weighted by Gasteiger charge is -2.07. The van der Waals surface area contributed by atoms with Gasteiger partial charge in [-0.3, -0.25) is 0 Å². The van der Waals surface area contributed by atoms with Gasteiger partial charge in [-0.1, -0.05) is 12.1 Å². The molecule has 0 unspecified atom stereocenters. The number of phenolic OH excluding ortho intramolecular Hbond substituents is 1. The van der Waals surface area contributed by atoms with Gasteiger partial charge in [-0.05, 0) is 24.3 Å². The van der Waals surface area contributed by atoms with Gasteiger partial charge in [-0.2, -0.15) is 0 Å². The molecule has 0 spiro atoms. The molecule has 1 aromatic rings. The average Bonchev–Trinajstić information content (AvgIpc) is 2.64. The van der Waals surface area contributed by atoms with Gasteiger partial charge in [0.05, 0.1) is 12.0 Å². The van der Waals surface area contributed by atoms with Crippen LogP contribution in [0, 0.1) is 0 Å². The molecule has 1 heterocycles. The van der Waals surface area contributed by atoms with Crippen LogP contribution in [0.15, 0.2) is 41.3 Å². The van der Waals surface area contributed by atoms with E-state index in [-0.39, 0.29) is 16.2 Å². The van der Waals surface area contributed by atoms with Gasteiger partial charge in [-0.15, -0.1) is 0 Å². The summed E-state index contributed by atoms with van der Waals surface area (Å²) in [6.07, 6.45) is 2.44. The Kier molecular flexibility index (Phi) is 2.96. The molecular weight excluding hydrogens is 256 g/mol. The maximum atomic E-state index is 12.1. The lowest BCUT2D eigenvalue weighted by Crippen LogP contribution is -2.13. The molecule has 6 heteroatoms. The second-order valence-electron chi connectivity index (χ2n) is 3.57. The van der Waals surface area contributed by atoms with E-state index in [0.717, 1.165) is 7.11 Å². The van der Waals surface area contributed by atoms with E-state index in [4.69, 9.17) is 0 Å². The quantitative estimate of drug-likeness (QED) is 0.814. The monoisotopic (exact) mass is 266 g/mol. The summed E-state index contributed by atoms with van der Waals surface area (Å²) in [6.45, 7) is 0. The summed E-state index contributed by atoms with van der Waals surface area (Å²) < 4.78 is 28.6. The highest BCUT2D eigenvalue weighted by Crippen LogP contribution is 2.36. The van der Waals surface area contributed by atoms with Crippen LogP contribution in [0.2, 0.25) is 0 Å². The number of hydrogen-bond donors (Lipinski definition) is 1. The number of sulfone groups is 1. The second kappa shape index (κ2) is 4.30. The molecule has 0 saturated heterocycles. The van der Waals surface area contributed by atoms with Gasteiger partial charge in [0.2, 0.25) is 9.84 Å². The Morgan fingerprint density at radius 2 is 1.89 bits per heavy atom. The van der Waals surface area contributed by atoms with E-state index in [1.54, 1.807) is 12.1 Å². The molecule has 0 radical (unpaired) electrons. The highest BCUT2D eigenvalue weighted by Gasteiger charge is 2.34. The number of allylic oxidation sites excluding steroid dienone is 2. The summed E-state index contributed by atoms with van der Waals surface area (Å²) in [6, 6.07) is 6.02. The van der Waals surface area contributed by atoms with E-state index >= 15 is 0 Å². The number of esters is 1. The molecular formula is C12H10O5S. The van der Waals surface area contributed by atoms with Crippen LogP contribution in [0.4, 0.5) is 0 Å². The van der Waals surface area contributed by atoms with Crippen molar-refractivity contribution in [3.63, 3.8) is 0 Å². The predicted molar refractivity (Wildman–Crippen MR) is 65.1 cm³/mol. The third kappa shape index (κ3) is 1.80. The van der Waals surface area contributed by atoms with Gasteiger partial charge < -0.3 is 9.84 Å². The third-order valence-electron chi connectivity index (χ3n) is 2.52. The van der Waals surface area contributed by atoms with Gasteiger partial charge in [0.15, 0.2) is 4.91 Å². The van der Waals surface area contributed by atoms with Crippen molar-refractivity contribution in [3.8, 4) is 5.75 Å². The van der Waals surface area contributed by atoms with Crippen LogP contribution in [0.1, 0.15) is 5.56 Å². The number of hydrogen-bond acceptors (Lipinski definition) is 5. The predicted octanol–water partition coefficient (Wildman–Crippen LogP) is 1.22. The number of carbonyl (C=O) groups is 1. The zero-order valence-electron chi connectivity index (χ0n) is 9.45. The molecule has 1 N–H and O–H groups in total. The maximum absolute atomic E-state index is 12.1. The summed E-state index contributed by atoms with van der Waals surface area (Å²) in [4.78, 5) is 10.8. The van der Waals surface area contributed by atoms with Crippen LogP contribution >= 0.6 is 0 Å². The van der Waals surface area contributed by atoms with E-state index in [1.807, 2.05) is 0 Å². The Morgan fingerprint density at radius 1 is 1.22 bits per heavy atom. The number of para-hydroxylation sites is 1. The van der Waals surface area contributed by atoms with Crippen molar-refractivity contribution in [2.24, 2.45) is 0 Å². The fourth-order valence-electron chi connectivity index (χ4n) is 1.64. The fraction of sp³-hybridized carbons (Fsp3) is 0.0833. The van der Waals surface area contributed by atoms with Gasteiger partial charge >= 0.3 is 5.97 Å². The third-order valence-corrected chi connectivity index (χ3v) is 4.34. The minimum absolute atomic E-state index is 0.110. The van der Waals surface area contributed by atoms with Crippen LogP contribution in [0.25, 0.3) is 4.91 Å². The summed E-state index contributed by atoms with van der Waals surface area (Å²) in [7, 11) is -2.82. The molecule has 0 atom stereocenters. The molecule has 0 amide bonds. The van der Waals surface area contributed by atoms with E-state index in [0.29, 0.717) is 0 Å². The van der Waals surface area contributed by atoms with Crippen molar-refractivity contribution in [2.45, 2.75) is 0 Å². The van der Waals surface area contributed by atoms with Crippen LogP contribution in [-0.2, 0) is 19.4 Å². The Balaban J connectivity index is 2.49. The van der Waals surface area contributed by atoms with Crippen molar-refractivity contribution < 1.29 is 23.1 Å². The molecule has 2 rings (SSSR count). The first-order valence-corrected chi connectivity index (χ1v) is 6.50. The molecule has 18 heavy (non-hydrogen) atoms. The smallest absolute Gasteiger partial charge is 0.349 e. The van der Waals surface area contributed by atoms with Crippen LogP contribution in [0.3, 0.4) is 0 Å². The summed E-state index contributed by atoms with van der Waals surface area (Å²) in [5.74, 6) is -1.08. The first kappa shape index (κ1) is 12.4. The minimum Gasteiger partial charge on any atom is -0.507 e. The molecule has 1 aromatic carbocycles. The number of phenols is 1. The van der Waals surface area contributed by atoms with Crippen molar-refractivity contribution in [3.05, 3.63) is 46.9 Å². The largest absolute Gasteiger partial charge is 0.507 e. The Bertz CT molecular complexity index is 667. The van der Waals surface area contributed by atoms with Crippen LogP contribution < -0.4 is 0 Å². The number of rotatable bonds is 2. The van der Waals surface area contributed by atoms with Crippen molar-refractivity contribution >= 4 is 20.7 Å². The lowest BCUT2D eigenvalue weighted by atomic mass is 10.2. The molecule has 5 nitrogen and oxygen atoms in total. The van der Waals surface area contributed by atoms with Gasteiger partial charge in [0.1, 0.15) is 5.75 Å². The molecule has 0 aliphatic carbocycles. The fourth-order valence-corrected chi connectivity index (χ4v) is 3.14. The van der Waals surface area contributed by atoms with E-state index in [9.17, 15) is 18.3 Å². The average molecular weight is 266 g/mol. The molecule has 0 aromatic heterocycles. The number of benzene rings is 1. The van der Waals surface area contributed by atoms with Crippen molar-refractivity contribution in [2.75, 3.05) is 7.11 Å². The topological polar surface area (TPSA) is 80.7 Å². The zero-order chi connectivity index (χ0) is 13.3. The number of carbonyl (C=O) groups excluding carboxylic acids is 1. The number of aromatic hydroxyl groups is 1. The molecule has 1 aliphatic heterocycles. The SMILES string of the molecule is COC(=O)C1=CC=C(c2ccccc2O)S1(=O)=O. The molecule has 1 aliphatic rings. The first-order valence-electron chi connectivity index (χ1n) is 5.02. The molecule has 0 fully saturated rings. The first-order chi connectivity index (χ1) is 8.48. The van der Waals surface area contributed by atoms with Gasteiger partial charge in [0, 0.05) is 5.56 Å². The lowest BCUT2D eigenvalue weighted by molar-refractivity contribution is -0.135. The maximum Gasteiger partial charge on any atom is 0.349 e. The van der Waals surface area contributed by atoms with Crippen LogP contribution in [0.5, 0.6) is 5.75 Å². The van der Waals surface area contributed by atoms with E-state index in [1.165, 1.54) is 24.3 Å². The standard InChI is InChI=1S/C12H10O5S/c1-17-12(14)11-7-6-10(18(11,15)16)8-4-2-3-5-9(8)13/h2-7,13H,1H3. The highest BCUT2D eigenvalue weighted by molar-refractivity contribution is 8.05. The normalized spacial score (nSPS) is 16.9. The molecule has 94 valence electrons. The Labute approximate surface area is 104 Å². The highest BCUT2D eigenvalue weighted by atomic mass is 32.2. The number of methoxy groups -OCH3 is 1. The summed E-state index contributed by atoms with van der Waals surface area (Å²) >= 11 is 0. The van der Waals surface area contributed by atoms with Crippen LogP contribution in [-0.4, -0.2) is 26.6 Å². The van der Waals surface area contributed by atoms with Gasteiger partial charge in [0.25, 0.3) is 0 Å². The number of ether oxygens (including phenoxy) is 1. The Hall–Kier alpha value is -2.08. The molecule has 0 bridgehead atoms. The summed E-state index contributed by atoms with van der Waals surface area (Å²) in [5, 5.41) is 9.64. The van der Waals surface area contributed by atoms with E-state index in [2.05, 4.69) is 4.74 Å². The van der Waals surface area contributed by atoms with E-state index < -0.39 is 20.7 Å². The zero-order valence-corrected chi connectivity index (χ0v) is 10.3. The molecule has 0 saturated carbocycles. The van der Waals surface area contributed by atoms with Gasteiger partial charge in [-0.25, -0.2) is 13.2 Å².